The molecule has 2 atom stereocenters. The third-order valence-electron chi connectivity index (χ3n) is 3.22. The fourth-order valence-electron chi connectivity index (χ4n) is 2.11. The van der Waals surface area contributed by atoms with Gasteiger partial charge in [0.15, 0.2) is 0 Å². The van der Waals surface area contributed by atoms with Crippen molar-refractivity contribution in [2.45, 2.75) is 38.6 Å². The number of hydrogen-bond acceptors (Lipinski definition) is 4. The zero-order valence-electron chi connectivity index (χ0n) is 10.4. The number of sulfonamides is 1. The third kappa shape index (κ3) is 3.68. The van der Waals surface area contributed by atoms with Gasteiger partial charge in [-0.2, -0.15) is 9.57 Å². The average molecular weight is 274 g/mol. The van der Waals surface area contributed by atoms with Crippen LogP contribution in [0.2, 0.25) is 0 Å². The minimum Gasteiger partial charge on any atom is -0.481 e. The van der Waals surface area contributed by atoms with Crippen molar-refractivity contribution in [2.24, 2.45) is 5.92 Å². The van der Waals surface area contributed by atoms with Crippen molar-refractivity contribution in [1.82, 2.24) is 4.31 Å². The van der Waals surface area contributed by atoms with Gasteiger partial charge in [-0.15, -0.1) is 0 Å². The lowest BCUT2D eigenvalue weighted by Crippen LogP contribution is -2.48. The number of hydrogen-bond donors (Lipinski definition) is 1. The monoisotopic (exact) mass is 274 g/mol. The molecule has 0 aromatic carbocycles. The van der Waals surface area contributed by atoms with E-state index in [1.165, 1.54) is 4.31 Å². The van der Waals surface area contributed by atoms with E-state index in [4.69, 9.17) is 10.4 Å². The van der Waals surface area contributed by atoms with Crippen LogP contribution < -0.4 is 0 Å². The Hall–Kier alpha value is -1.13. The molecular formula is C11H18N2O4S. The van der Waals surface area contributed by atoms with Crippen molar-refractivity contribution in [3.63, 3.8) is 0 Å². The SMILES string of the molecule is CC1CCC(C(=O)O)CN1S(=O)(=O)CCCC#N. The van der Waals surface area contributed by atoms with Gasteiger partial charge in [0, 0.05) is 19.0 Å². The first kappa shape index (κ1) is 14.9. The van der Waals surface area contributed by atoms with Gasteiger partial charge in [-0.3, -0.25) is 4.79 Å². The van der Waals surface area contributed by atoms with Crippen molar-refractivity contribution in [2.75, 3.05) is 12.3 Å². The summed E-state index contributed by atoms with van der Waals surface area (Å²) in [5.74, 6) is -1.65. The van der Waals surface area contributed by atoms with Crippen LogP contribution in [0, 0.1) is 17.2 Å². The van der Waals surface area contributed by atoms with Gasteiger partial charge in [0.05, 0.1) is 17.7 Å². The van der Waals surface area contributed by atoms with Gasteiger partial charge in [0.25, 0.3) is 0 Å². The van der Waals surface area contributed by atoms with Crippen molar-refractivity contribution < 1.29 is 18.3 Å². The molecule has 0 bridgehead atoms. The van der Waals surface area contributed by atoms with Crippen molar-refractivity contribution >= 4 is 16.0 Å². The minimum absolute atomic E-state index is 0.0470. The summed E-state index contributed by atoms with van der Waals surface area (Å²) < 4.78 is 25.4. The number of rotatable bonds is 5. The lowest BCUT2D eigenvalue weighted by molar-refractivity contribution is -0.143. The second-order valence-electron chi connectivity index (χ2n) is 4.61. The Morgan fingerprint density at radius 2 is 2.17 bits per heavy atom. The molecule has 1 heterocycles. The standard InChI is InChI=1S/C11H18N2O4S/c1-9-4-5-10(11(14)15)8-13(9)18(16,17)7-3-2-6-12/h9-10H,2-5,7-8H2,1H3,(H,14,15). The normalized spacial score (nSPS) is 25.6. The molecular weight excluding hydrogens is 256 g/mol. The van der Waals surface area contributed by atoms with Crippen LogP contribution in [0.3, 0.4) is 0 Å². The molecule has 2 unspecified atom stereocenters. The highest BCUT2D eigenvalue weighted by molar-refractivity contribution is 7.89. The second-order valence-corrected chi connectivity index (χ2v) is 6.65. The van der Waals surface area contributed by atoms with E-state index in [0.717, 1.165) is 0 Å². The summed E-state index contributed by atoms with van der Waals surface area (Å²) in [7, 11) is -3.45. The van der Waals surface area contributed by atoms with E-state index in [-0.39, 0.29) is 24.8 Å². The van der Waals surface area contributed by atoms with Gasteiger partial charge < -0.3 is 5.11 Å². The summed E-state index contributed by atoms with van der Waals surface area (Å²) in [5, 5.41) is 17.4. The summed E-state index contributed by atoms with van der Waals surface area (Å²) >= 11 is 0. The molecule has 0 saturated carbocycles. The Labute approximate surface area is 107 Å². The maximum Gasteiger partial charge on any atom is 0.307 e. The Balaban J connectivity index is 2.72. The summed E-state index contributed by atoms with van der Waals surface area (Å²) in [5.41, 5.74) is 0. The largest absolute Gasteiger partial charge is 0.481 e. The van der Waals surface area contributed by atoms with Crippen LogP contribution in [0.1, 0.15) is 32.6 Å². The van der Waals surface area contributed by atoms with Crippen molar-refractivity contribution in [3.8, 4) is 6.07 Å². The van der Waals surface area contributed by atoms with Crippen LogP contribution >= 0.6 is 0 Å². The molecule has 7 heteroatoms. The highest BCUT2D eigenvalue weighted by atomic mass is 32.2. The van der Waals surface area contributed by atoms with Crippen LogP contribution in [0.25, 0.3) is 0 Å². The number of unbranched alkanes of at least 4 members (excludes halogenated alkanes) is 1. The maximum absolute atomic E-state index is 12.1. The number of piperidine rings is 1. The van der Waals surface area contributed by atoms with Crippen LogP contribution in [-0.2, 0) is 14.8 Å². The fourth-order valence-corrected chi connectivity index (χ4v) is 3.92. The quantitative estimate of drug-likeness (QED) is 0.748. The molecule has 0 aliphatic carbocycles. The maximum atomic E-state index is 12.1. The third-order valence-corrected chi connectivity index (χ3v) is 5.25. The van der Waals surface area contributed by atoms with Crippen LogP contribution in [0.5, 0.6) is 0 Å². The minimum atomic E-state index is -3.45. The van der Waals surface area contributed by atoms with Crippen LogP contribution in [0.4, 0.5) is 0 Å². The smallest absolute Gasteiger partial charge is 0.307 e. The molecule has 1 aliphatic rings. The number of nitrogens with zero attached hydrogens (tertiary/aromatic N) is 2. The van der Waals surface area contributed by atoms with E-state index in [1.54, 1.807) is 6.92 Å². The topological polar surface area (TPSA) is 98.5 Å². The molecule has 18 heavy (non-hydrogen) atoms. The molecule has 0 amide bonds. The Morgan fingerprint density at radius 3 is 2.72 bits per heavy atom. The van der Waals surface area contributed by atoms with Gasteiger partial charge in [0.2, 0.25) is 10.0 Å². The number of carboxylic acid groups (broad SMARTS) is 1. The fraction of sp³-hybridized carbons (Fsp3) is 0.818. The molecule has 0 aromatic rings. The number of carboxylic acids is 1. The summed E-state index contributed by atoms with van der Waals surface area (Å²) in [4.78, 5) is 10.9. The molecule has 1 N–H and O–H groups in total. The van der Waals surface area contributed by atoms with E-state index >= 15 is 0 Å². The van der Waals surface area contributed by atoms with Crippen LogP contribution in [-0.4, -0.2) is 42.1 Å². The zero-order chi connectivity index (χ0) is 13.8. The Morgan fingerprint density at radius 1 is 1.50 bits per heavy atom. The van der Waals surface area contributed by atoms with Crippen molar-refractivity contribution in [1.29, 1.82) is 5.26 Å². The van der Waals surface area contributed by atoms with E-state index < -0.39 is 21.9 Å². The molecule has 1 rings (SSSR count). The Kier molecular flexibility index (Phi) is 5.11. The van der Waals surface area contributed by atoms with Gasteiger partial charge in [0.1, 0.15) is 0 Å². The lowest BCUT2D eigenvalue weighted by Gasteiger charge is -2.35. The molecule has 1 saturated heterocycles. The summed E-state index contributed by atoms with van der Waals surface area (Å²) in [6, 6.07) is 1.74. The predicted octanol–water partition coefficient (Wildman–Crippen LogP) is 0.805. The molecule has 0 aromatic heterocycles. The average Bonchev–Trinajstić information content (AvgIpc) is 2.29. The van der Waals surface area contributed by atoms with E-state index in [1.807, 2.05) is 6.07 Å². The van der Waals surface area contributed by atoms with Crippen LogP contribution in [0.15, 0.2) is 0 Å². The zero-order valence-corrected chi connectivity index (χ0v) is 11.2. The van der Waals surface area contributed by atoms with Gasteiger partial charge in [-0.25, -0.2) is 8.42 Å². The van der Waals surface area contributed by atoms with E-state index in [0.29, 0.717) is 19.3 Å². The lowest BCUT2D eigenvalue weighted by atomic mass is 9.96. The molecule has 0 radical (unpaired) electrons. The summed E-state index contributed by atoms with van der Waals surface area (Å²) in [6.07, 6.45) is 1.57. The first-order valence-corrected chi connectivity index (χ1v) is 7.58. The number of aliphatic carboxylic acids is 1. The predicted molar refractivity (Wildman–Crippen MR) is 65.2 cm³/mol. The number of nitriles is 1. The molecule has 6 nitrogen and oxygen atoms in total. The first-order valence-electron chi connectivity index (χ1n) is 5.97. The summed E-state index contributed by atoms with van der Waals surface area (Å²) in [6.45, 7) is 1.84. The van der Waals surface area contributed by atoms with Gasteiger partial charge >= 0.3 is 5.97 Å². The molecule has 1 fully saturated rings. The molecule has 102 valence electrons. The first-order chi connectivity index (χ1) is 8.38. The van der Waals surface area contributed by atoms with E-state index in [9.17, 15) is 13.2 Å². The second kappa shape index (κ2) is 6.16. The highest BCUT2D eigenvalue weighted by Gasteiger charge is 2.36. The Bertz CT molecular complexity index is 440. The molecule has 0 spiro atoms. The van der Waals surface area contributed by atoms with Gasteiger partial charge in [-0.1, -0.05) is 0 Å². The van der Waals surface area contributed by atoms with Gasteiger partial charge in [-0.05, 0) is 26.2 Å². The van der Waals surface area contributed by atoms with Crippen molar-refractivity contribution in [3.05, 3.63) is 0 Å². The molecule has 1 aliphatic heterocycles. The number of carbonyl (C=O) groups is 1. The van der Waals surface area contributed by atoms with E-state index in [2.05, 4.69) is 0 Å². The highest BCUT2D eigenvalue weighted by Crippen LogP contribution is 2.25.